The van der Waals surface area contributed by atoms with Crippen molar-refractivity contribution in [1.29, 1.82) is 0 Å². The summed E-state index contributed by atoms with van der Waals surface area (Å²) in [6, 6.07) is 4.77. The van der Waals surface area contributed by atoms with E-state index in [0.717, 1.165) is 18.4 Å². The minimum atomic E-state index is -1.87. The molecule has 448 valence electrons. The zero-order chi connectivity index (χ0) is 58.5. The Kier molecular flexibility index (Phi) is 22.0. The van der Waals surface area contributed by atoms with Crippen molar-refractivity contribution in [1.82, 2.24) is 14.4 Å². The summed E-state index contributed by atoms with van der Waals surface area (Å²) >= 11 is 0. The van der Waals surface area contributed by atoms with Gasteiger partial charge in [-0.05, 0) is 133 Å². The Morgan fingerprint density at radius 1 is 0.937 bits per heavy atom. The maximum absolute atomic E-state index is 14.6. The molecule has 3 aliphatic heterocycles. The predicted octanol–water partition coefficient (Wildman–Crippen LogP) is 4.80. The van der Waals surface area contributed by atoms with Crippen LogP contribution in [0.1, 0.15) is 138 Å². The zero-order valence-electron chi connectivity index (χ0n) is 49.5. The Bertz CT molecular complexity index is 2420. The number of likely N-dealkylation sites (N-methyl/N-ethyl adjacent to an activating group) is 2. The fourth-order valence-corrected chi connectivity index (χ4v) is 12.1. The van der Waals surface area contributed by atoms with Gasteiger partial charge in [-0.1, -0.05) is 20.8 Å². The van der Waals surface area contributed by atoms with E-state index in [-0.39, 0.29) is 75.2 Å². The monoisotopic (exact) mass is 1120 g/mol. The molecule has 4 fully saturated rings. The Labute approximate surface area is 466 Å². The second kappa shape index (κ2) is 27.0. The number of rotatable bonds is 18. The molecule has 3 saturated heterocycles. The SMILES string of the molecule is CCOC(=O)c1cn(C2CC2)c2ccc(NCCOCCC(=O)O[C@H]3[C@H](C)O[C@@H](O[C@H]4[C@H](C)[C@@H](O[C@@H]5O[C@H](C)C[C@H](N(C)C)[C@@H]5O)[C@](C)(O)C[C@@H](C)CN(C)[C@H](C)[C@@H](O)[C@](C)(O)[C@@H](CC)OC(=O)[C@@H]4C)C[C@@]3(C)OC)cc2c1=O. The molecule has 0 amide bonds. The van der Waals surface area contributed by atoms with Gasteiger partial charge in [-0.3, -0.25) is 14.4 Å². The van der Waals surface area contributed by atoms with Crippen molar-refractivity contribution in [2.24, 2.45) is 17.8 Å². The summed E-state index contributed by atoms with van der Waals surface area (Å²) in [7, 11) is 7.07. The Morgan fingerprint density at radius 2 is 1.63 bits per heavy atom. The first-order valence-electron chi connectivity index (χ1n) is 28.5. The number of hydrogen-bond donors (Lipinski definition) is 5. The van der Waals surface area contributed by atoms with Gasteiger partial charge in [0.15, 0.2) is 18.7 Å². The minimum Gasteiger partial charge on any atom is -0.462 e. The molecule has 6 rings (SSSR count). The summed E-state index contributed by atoms with van der Waals surface area (Å²) in [5.74, 6) is -4.09. The number of cyclic esters (lactones) is 1. The molecule has 0 spiro atoms. The molecule has 0 bridgehead atoms. The second-order valence-corrected chi connectivity index (χ2v) is 23.9. The van der Waals surface area contributed by atoms with Gasteiger partial charge in [-0.25, -0.2) is 4.79 Å². The quantitative estimate of drug-likeness (QED) is 0.0764. The van der Waals surface area contributed by atoms with E-state index in [1.165, 1.54) is 14.0 Å². The van der Waals surface area contributed by atoms with Gasteiger partial charge >= 0.3 is 17.9 Å². The fraction of sp³-hybridized carbons (Fsp3) is 0.793. The van der Waals surface area contributed by atoms with Crippen LogP contribution in [0.2, 0.25) is 0 Å². The number of carbonyl (C=O) groups is 3. The molecular weight excluding hydrogens is 1020 g/mol. The van der Waals surface area contributed by atoms with Crippen LogP contribution in [0.4, 0.5) is 5.69 Å². The topological polar surface area (TPSA) is 256 Å². The number of carbonyl (C=O) groups excluding carboxylic acids is 3. The third-order valence-electron chi connectivity index (χ3n) is 16.9. The van der Waals surface area contributed by atoms with Crippen LogP contribution >= 0.6 is 0 Å². The largest absolute Gasteiger partial charge is 0.462 e. The molecule has 21 nitrogen and oxygen atoms in total. The Morgan fingerprint density at radius 3 is 2.27 bits per heavy atom. The molecule has 1 aromatic carbocycles. The number of hydrogen-bond acceptors (Lipinski definition) is 20. The molecule has 1 aromatic heterocycles. The summed E-state index contributed by atoms with van der Waals surface area (Å²) in [6.45, 7) is 20.4. The number of anilines is 1. The number of methoxy groups -OCH3 is 1. The first-order chi connectivity index (χ1) is 37.1. The van der Waals surface area contributed by atoms with Gasteiger partial charge in [0.05, 0.1) is 67.7 Å². The average Bonchev–Trinajstić information content (AvgIpc) is 4.28. The van der Waals surface area contributed by atoms with Gasteiger partial charge < -0.3 is 82.7 Å². The minimum absolute atomic E-state index is 0.00245. The van der Waals surface area contributed by atoms with E-state index in [2.05, 4.69) is 5.32 Å². The molecule has 2 aromatic rings. The lowest BCUT2D eigenvalue weighted by atomic mass is 9.77. The van der Waals surface area contributed by atoms with Gasteiger partial charge in [0, 0.05) is 67.9 Å². The lowest BCUT2D eigenvalue weighted by Gasteiger charge is -2.49. The van der Waals surface area contributed by atoms with Crippen molar-refractivity contribution in [3.05, 3.63) is 40.2 Å². The Balaban J connectivity index is 1.16. The molecule has 4 heterocycles. The zero-order valence-corrected chi connectivity index (χ0v) is 49.5. The van der Waals surface area contributed by atoms with Crippen LogP contribution in [-0.4, -0.2) is 204 Å². The smallest absolute Gasteiger partial charge is 0.343 e. The number of pyridine rings is 1. The molecule has 5 N–H and O–H groups in total. The van der Waals surface area contributed by atoms with E-state index in [1.807, 2.05) is 61.5 Å². The van der Waals surface area contributed by atoms with Crippen molar-refractivity contribution in [2.75, 3.05) is 66.5 Å². The molecule has 0 radical (unpaired) electrons. The summed E-state index contributed by atoms with van der Waals surface area (Å²) < 4.78 is 57.8. The van der Waals surface area contributed by atoms with Crippen LogP contribution in [-0.2, 0) is 52.2 Å². The summed E-state index contributed by atoms with van der Waals surface area (Å²) in [6.07, 6.45) is -5.72. The highest BCUT2D eigenvalue weighted by atomic mass is 16.7. The number of esters is 3. The number of benzene rings is 1. The van der Waals surface area contributed by atoms with Crippen molar-refractivity contribution in [3.63, 3.8) is 0 Å². The first kappa shape index (κ1) is 64.3. The molecule has 4 aliphatic rings. The average molecular weight is 1120 g/mol. The molecule has 1 saturated carbocycles. The van der Waals surface area contributed by atoms with Gasteiger partial charge in [-0.15, -0.1) is 0 Å². The number of ether oxygens (including phenoxy) is 9. The highest BCUT2D eigenvalue weighted by Gasteiger charge is 2.54. The molecule has 1 aliphatic carbocycles. The maximum atomic E-state index is 14.6. The van der Waals surface area contributed by atoms with E-state index in [4.69, 9.17) is 42.6 Å². The van der Waals surface area contributed by atoms with E-state index < -0.39 is 113 Å². The summed E-state index contributed by atoms with van der Waals surface area (Å²) in [5.41, 5.74) is -3.66. The van der Waals surface area contributed by atoms with Gasteiger partial charge in [0.1, 0.15) is 35.1 Å². The number of nitrogens with zero attached hydrogens (tertiary/aromatic N) is 3. The maximum Gasteiger partial charge on any atom is 0.343 e. The van der Waals surface area contributed by atoms with Crippen LogP contribution in [0.3, 0.4) is 0 Å². The third-order valence-corrected chi connectivity index (χ3v) is 16.9. The highest BCUT2D eigenvalue weighted by molar-refractivity contribution is 5.94. The van der Waals surface area contributed by atoms with Crippen molar-refractivity contribution in [3.8, 4) is 0 Å². The van der Waals surface area contributed by atoms with Crippen LogP contribution in [0.25, 0.3) is 10.9 Å². The standard InChI is InChI=1S/C58H94N4O17/c1-16-44-58(11,70)50(66)36(7)61(14)30-32(3)28-56(9,69)51(79-55-48(65)43(60(12)13)26-33(4)74-55)34(5)49(35(6)53(67)76-44)78-46-29-57(10,71-15)52(37(8)75-46)77-45(63)22-24-72-25-23-59-38-18-21-42-40(27-38)47(64)41(54(68)73-17-2)31-62(42)39-19-20-39/h18,21,27,31-37,39,43-44,46,48-52,55,59,65-66,69-70H,16-17,19-20,22-26,28-30H2,1-15H3/t32-,33-,34+,35-,36-,37+,43+,44-,46+,48+,49+,50-,51-,52+,55+,56-,57-,58-/m1/s1. The molecule has 18 atom stereocenters. The van der Waals surface area contributed by atoms with E-state index in [1.54, 1.807) is 67.7 Å². The molecule has 21 heteroatoms. The molecule has 79 heavy (non-hydrogen) atoms. The molecule has 0 unspecified atom stereocenters. The number of fused-ring (bicyclic) bond motifs is 1. The van der Waals surface area contributed by atoms with Crippen molar-refractivity contribution < 1.29 is 77.4 Å². The number of aliphatic hydroxyl groups is 4. The Hall–Kier alpha value is -3.84. The van der Waals surface area contributed by atoms with Gasteiger partial charge in [0.25, 0.3) is 0 Å². The highest BCUT2D eigenvalue weighted by Crippen LogP contribution is 2.42. The van der Waals surface area contributed by atoms with Crippen LogP contribution < -0.4 is 10.7 Å². The van der Waals surface area contributed by atoms with E-state index in [9.17, 15) is 39.6 Å². The second-order valence-electron chi connectivity index (χ2n) is 23.9. The lowest BCUT2D eigenvalue weighted by Crippen LogP contribution is -2.61. The third kappa shape index (κ3) is 15.2. The first-order valence-corrected chi connectivity index (χ1v) is 28.5. The van der Waals surface area contributed by atoms with Gasteiger partial charge in [-0.2, -0.15) is 0 Å². The van der Waals surface area contributed by atoms with Crippen LogP contribution in [0.15, 0.2) is 29.2 Å². The lowest BCUT2D eigenvalue weighted by molar-refractivity contribution is -0.318. The van der Waals surface area contributed by atoms with E-state index in [0.29, 0.717) is 30.6 Å². The number of nitrogens with one attached hydrogen (secondary N) is 1. The van der Waals surface area contributed by atoms with Crippen LogP contribution in [0.5, 0.6) is 0 Å². The van der Waals surface area contributed by atoms with Gasteiger partial charge in [0.2, 0.25) is 5.43 Å². The van der Waals surface area contributed by atoms with Crippen molar-refractivity contribution in [2.45, 2.75) is 217 Å². The normalized spacial score (nSPS) is 37.5. The predicted molar refractivity (Wildman–Crippen MR) is 294 cm³/mol. The molecular formula is C58H94N4O17. The summed E-state index contributed by atoms with van der Waals surface area (Å²) in [5, 5.41) is 51.8. The van der Waals surface area contributed by atoms with Crippen molar-refractivity contribution >= 4 is 34.5 Å². The number of aromatic nitrogens is 1. The van der Waals surface area contributed by atoms with Crippen LogP contribution in [0, 0.1) is 17.8 Å². The fourth-order valence-electron chi connectivity index (χ4n) is 12.1. The summed E-state index contributed by atoms with van der Waals surface area (Å²) in [4.78, 5) is 58.0. The van der Waals surface area contributed by atoms with E-state index >= 15 is 0 Å². The number of aliphatic hydroxyl groups excluding tert-OH is 2.